The van der Waals surface area contributed by atoms with Gasteiger partial charge in [-0.1, -0.05) is 54.1 Å². The zero-order chi connectivity index (χ0) is 25.0. The highest BCUT2D eigenvalue weighted by atomic mass is 79.9. The number of allylic oxidation sites excluding steroid dienone is 2. The first kappa shape index (κ1) is 23.4. The van der Waals surface area contributed by atoms with E-state index in [-0.39, 0.29) is 29.6 Å². The smallest absolute Gasteiger partial charge is 0.261 e. The first-order valence-corrected chi connectivity index (χ1v) is 14.4. The maximum atomic E-state index is 13.3. The summed E-state index contributed by atoms with van der Waals surface area (Å²) in [5.41, 5.74) is 4.77. The van der Waals surface area contributed by atoms with Gasteiger partial charge in [0.1, 0.15) is 0 Å². The van der Waals surface area contributed by atoms with Gasteiger partial charge >= 0.3 is 0 Å². The number of ether oxygens (including phenoxy) is 2. The Morgan fingerprint density at radius 2 is 1.75 bits per heavy atom. The van der Waals surface area contributed by atoms with Gasteiger partial charge in [0.2, 0.25) is 6.79 Å². The van der Waals surface area contributed by atoms with Crippen LogP contribution in [0.5, 0.6) is 11.5 Å². The molecule has 6 rings (SSSR count). The van der Waals surface area contributed by atoms with Crippen LogP contribution < -0.4 is 19.5 Å². The van der Waals surface area contributed by atoms with Gasteiger partial charge in [-0.3, -0.25) is 4.72 Å². The highest BCUT2D eigenvalue weighted by Gasteiger charge is 2.39. The van der Waals surface area contributed by atoms with Crippen molar-refractivity contribution in [2.45, 2.75) is 43.0 Å². The Kier molecular flexibility index (Phi) is 5.76. The summed E-state index contributed by atoms with van der Waals surface area (Å²) in [6, 6.07) is 16.9. The van der Waals surface area contributed by atoms with Gasteiger partial charge in [0, 0.05) is 21.8 Å². The third-order valence-electron chi connectivity index (χ3n) is 7.30. The summed E-state index contributed by atoms with van der Waals surface area (Å²) in [7, 11) is -3.73. The molecule has 0 aromatic heterocycles. The molecule has 8 heteroatoms. The molecule has 0 spiro atoms. The average Bonchev–Trinajstić information content (AvgIpc) is 3.52. The van der Waals surface area contributed by atoms with E-state index in [0.717, 1.165) is 39.2 Å². The normalized spacial score (nSPS) is 21.7. The molecule has 1 aliphatic carbocycles. The Balaban J connectivity index is 1.31. The van der Waals surface area contributed by atoms with Crippen molar-refractivity contribution in [3.05, 3.63) is 87.9 Å². The van der Waals surface area contributed by atoms with E-state index in [1.807, 2.05) is 48.5 Å². The molecule has 3 aromatic rings. The lowest BCUT2D eigenvalue weighted by Crippen LogP contribution is -2.29. The van der Waals surface area contributed by atoms with Crippen molar-refractivity contribution in [2.75, 3.05) is 16.8 Å². The number of hydrogen-bond acceptors (Lipinski definition) is 5. The molecular formula is C28H27BrN2O4S. The van der Waals surface area contributed by atoms with E-state index in [0.29, 0.717) is 11.6 Å². The topological polar surface area (TPSA) is 76.7 Å². The molecule has 2 heterocycles. The molecule has 2 aliphatic heterocycles. The van der Waals surface area contributed by atoms with Gasteiger partial charge < -0.3 is 14.8 Å². The molecule has 0 unspecified atom stereocenters. The molecule has 0 bridgehead atoms. The summed E-state index contributed by atoms with van der Waals surface area (Å²) in [4.78, 5) is 0.262. The number of sulfonamides is 1. The van der Waals surface area contributed by atoms with Crippen LogP contribution in [0.15, 0.2) is 76.1 Å². The lowest BCUT2D eigenvalue weighted by molar-refractivity contribution is 0.174. The standard InChI is InChI=1S/C28H27BrN2O4S/c1-16(2)17-6-8-18(9-7-17)31-36(32,33)19-10-11-25-22(12-19)20-4-3-5-21(20)28(30-25)23-13-26-27(14-24(23)29)35-15-34-26/h3-4,6-14,16,20-21,28,30-31H,5,15H2,1-2H3/t20-,21+,28-/m0/s1. The van der Waals surface area contributed by atoms with E-state index in [1.54, 1.807) is 6.07 Å². The lowest BCUT2D eigenvalue weighted by atomic mass is 9.77. The second-order valence-electron chi connectivity index (χ2n) is 9.83. The minimum atomic E-state index is -3.73. The van der Waals surface area contributed by atoms with Crippen molar-refractivity contribution in [1.82, 2.24) is 0 Å². The predicted octanol–water partition coefficient (Wildman–Crippen LogP) is 6.93. The fraction of sp³-hybridized carbons (Fsp3) is 0.286. The Labute approximate surface area is 219 Å². The van der Waals surface area contributed by atoms with Gasteiger partial charge in [0.25, 0.3) is 10.0 Å². The Hall–Kier alpha value is -2.97. The molecule has 36 heavy (non-hydrogen) atoms. The van der Waals surface area contributed by atoms with Crippen LogP contribution in [0.25, 0.3) is 0 Å². The van der Waals surface area contributed by atoms with Gasteiger partial charge in [-0.25, -0.2) is 8.42 Å². The highest BCUT2D eigenvalue weighted by molar-refractivity contribution is 9.10. The van der Waals surface area contributed by atoms with Crippen LogP contribution in [0.3, 0.4) is 0 Å². The number of nitrogens with one attached hydrogen (secondary N) is 2. The molecule has 3 atom stereocenters. The lowest BCUT2D eigenvalue weighted by Gasteiger charge is -2.38. The number of rotatable bonds is 5. The van der Waals surface area contributed by atoms with E-state index in [4.69, 9.17) is 9.47 Å². The van der Waals surface area contributed by atoms with Gasteiger partial charge in [-0.05, 0) is 77.4 Å². The molecule has 3 aliphatic rings. The van der Waals surface area contributed by atoms with E-state index >= 15 is 0 Å². The summed E-state index contributed by atoms with van der Waals surface area (Å²) in [5, 5.41) is 3.68. The maximum absolute atomic E-state index is 13.3. The number of halogens is 1. The monoisotopic (exact) mass is 566 g/mol. The molecule has 0 radical (unpaired) electrons. The second-order valence-corrected chi connectivity index (χ2v) is 12.4. The average molecular weight is 568 g/mol. The molecule has 2 N–H and O–H groups in total. The minimum absolute atomic E-state index is 0.0430. The number of benzene rings is 3. The molecular weight excluding hydrogens is 540 g/mol. The quantitative estimate of drug-likeness (QED) is 0.327. The third-order valence-corrected chi connectivity index (χ3v) is 9.37. The Bertz CT molecular complexity index is 1470. The number of anilines is 2. The number of hydrogen-bond donors (Lipinski definition) is 2. The summed E-state index contributed by atoms with van der Waals surface area (Å²) in [5.74, 6) is 2.24. The van der Waals surface area contributed by atoms with E-state index in [1.165, 1.54) is 5.56 Å². The predicted molar refractivity (Wildman–Crippen MR) is 144 cm³/mol. The molecule has 3 aromatic carbocycles. The molecule has 0 saturated carbocycles. The SMILES string of the molecule is CC(C)c1ccc(NS(=O)(=O)c2ccc3c(c2)[C@H]2C=CC[C@H]2[C@@H](c2cc4c(cc2Br)OCO4)N3)cc1. The first-order valence-electron chi connectivity index (χ1n) is 12.1. The van der Waals surface area contributed by atoms with Crippen molar-refractivity contribution < 1.29 is 17.9 Å². The minimum Gasteiger partial charge on any atom is -0.454 e. The van der Waals surface area contributed by atoms with Gasteiger partial charge in [-0.2, -0.15) is 0 Å². The van der Waals surface area contributed by atoms with Crippen LogP contribution in [-0.2, 0) is 10.0 Å². The van der Waals surface area contributed by atoms with Crippen molar-refractivity contribution >= 4 is 37.3 Å². The summed E-state index contributed by atoms with van der Waals surface area (Å²) < 4.78 is 41.4. The molecule has 186 valence electrons. The van der Waals surface area contributed by atoms with Crippen LogP contribution in [0.2, 0.25) is 0 Å². The second kappa shape index (κ2) is 8.85. The van der Waals surface area contributed by atoms with Crippen LogP contribution in [0.4, 0.5) is 11.4 Å². The van der Waals surface area contributed by atoms with Crippen molar-refractivity contribution in [3.63, 3.8) is 0 Å². The van der Waals surface area contributed by atoms with Crippen molar-refractivity contribution in [1.29, 1.82) is 0 Å². The fourth-order valence-electron chi connectivity index (χ4n) is 5.37. The Morgan fingerprint density at radius 3 is 2.50 bits per heavy atom. The van der Waals surface area contributed by atoms with Crippen LogP contribution >= 0.6 is 15.9 Å². The van der Waals surface area contributed by atoms with Gasteiger partial charge in [0.05, 0.1) is 10.9 Å². The highest BCUT2D eigenvalue weighted by Crippen LogP contribution is 2.52. The molecule has 0 amide bonds. The molecule has 0 saturated heterocycles. The van der Waals surface area contributed by atoms with Gasteiger partial charge in [-0.15, -0.1) is 0 Å². The molecule has 6 nitrogen and oxygen atoms in total. The fourth-order valence-corrected chi connectivity index (χ4v) is 7.03. The van der Waals surface area contributed by atoms with Crippen molar-refractivity contribution in [2.24, 2.45) is 5.92 Å². The summed E-state index contributed by atoms with van der Waals surface area (Å²) >= 11 is 3.72. The number of fused-ring (bicyclic) bond motifs is 4. The largest absolute Gasteiger partial charge is 0.454 e. The van der Waals surface area contributed by atoms with Crippen LogP contribution in [0, 0.1) is 5.92 Å². The summed E-state index contributed by atoms with van der Waals surface area (Å²) in [6.45, 7) is 4.45. The third kappa shape index (κ3) is 4.06. The van der Waals surface area contributed by atoms with E-state index in [2.05, 4.69) is 52.0 Å². The van der Waals surface area contributed by atoms with E-state index in [9.17, 15) is 8.42 Å². The zero-order valence-corrected chi connectivity index (χ0v) is 22.4. The van der Waals surface area contributed by atoms with Gasteiger partial charge in [0.15, 0.2) is 11.5 Å². The van der Waals surface area contributed by atoms with Crippen molar-refractivity contribution in [3.8, 4) is 11.5 Å². The maximum Gasteiger partial charge on any atom is 0.261 e. The van der Waals surface area contributed by atoms with Crippen LogP contribution in [0.1, 0.15) is 54.8 Å². The van der Waals surface area contributed by atoms with E-state index < -0.39 is 10.0 Å². The summed E-state index contributed by atoms with van der Waals surface area (Å²) in [6.07, 6.45) is 5.29. The van der Waals surface area contributed by atoms with Crippen LogP contribution in [-0.4, -0.2) is 15.2 Å². The zero-order valence-electron chi connectivity index (χ0n) is 20.0. The first-order chi connectivity index (χ1) is 17.3. The Morgan fingerprint density at radius 1 is 1.00 bits per heavy atom. The molecule has 0 fully saturated rings.